The van der Waals surface area contributed by atoms with Crippen LogP contribution in [0.3, 0.4) is 0 Å². The number of esters is 1. The maximum absolute atomic E-state index is 11.4. The minimum Gasteiger partial charge on any atom is -0.468 e. The maximum Gasteiger partial charge on any atom is 0.319 e. The lowest BCUT2D eigenvalue weighted by Gasteiger charge is -2.38. The molecule has 0 aromatic heterocycles. The Morgan fingerprint density at radius 2 is 2.12 bits per heavy atom. The first-order valence-electron chi connectivity index (χ1n) is 6.37. The van der Waals surface area contributed by atoms with Crippen LogP contribution >= 0.6 is 0 Å². The Morgan fingerprint density at radius 3 is 2.62 bits per heavy atom. The molecule has 1 rings (SSSR count). The SMILES string of the molecule is COC(=O)CN(C(C)C)C1CCCC(C)C1. The zero-order chi connectivity index (χ0) is 12.1. The van der Waals surface area contributed by atoms with Gasteiger partial charge in [0.05, 0.1) is 13.7 Å². The van der Waals surface area contributed by atoms with Crippen LogP contribution in [0.25, 0.3) is 0 Å². The average molecular weight is 227 g/mol. The van der Waals surface area contributed by atoms with Crippen molar-refractivity contribution in [2.24, 2.45) is 5.92 Å². The lowest BCUT2D eigenvalue weighted by atomic mass is 9.86. The number of hydrogen-bond acceptors (Lipinski definition) is 3. The molecule has 0 bridgehead atoms. The largest absolute Gasteiger partial charge is 0.468 e. The molecule has 0 heterocycles. The van der Waals surface area contributed by atoms with Crippen LogP contribution in [0.2, 0.25) is 0 Å². The Bertz CT molecular complexity index is 228. The standard InChI is InChI=1S/C13H25NO2/c1-10(2)14(9-13(15)16-4)12-7-5-6-11(3)8-12/h10-12H,5-9H2,1-4H3. The van der Waals surface area contributed by atoms with Gasteiger partial charge >= 0.3 is 5.97 Å². The third-order valence-corrected chi connectivity index (χ3v) is 3.58. The highest BCUT2D eigenvalue weighted by molar-refractivity contribution is 5.71. The van der Waals surface area contributed by atoms with E-state index in [9.17, 15) is 4.79 Å². The summed E-state index contributed by atoms with van der Waals surface area (Å²) in [5.41, 5.74) is 0. The van der Waals surface area contributed by atoms with Crippen LogP contribution in [0.5, 0.6) is 0 Å². The molecule has 16 heavy (non-hydrogen) atoms. The van der Waals surface area contributed by atoms with Crippen LogP contribution in [0, 0.1) is 5.92 Å². The number of methoxy groups -OCH3 is 1. The van der Waals surface area contributed by atoms with Crippen molar-refractivity contribution in [2.75, 3.05) is 13.7 Å². The Hall–Kier alpha value is -0.570. The molecule has 1 aliphatic rings. The second kappa shape index (κ2) is 6.24. The first-order chi connectivity index (χ1) is 7.54. The summed E-state index contributed by atoms with van der Waals surface area (Å²) in [6, 6.07) is 0.970. The van der Waals surface area contributed by atoms with Gasteiger partial charge < -0.3 is 4.74 Å². The number of carbonyl (C=O) groups excluding carboxylic acids is 1. The van der Waals surface area contributed by atoms with Gasteiger partial charge in [-0.25, -0.2) is 0 Å². The van der Waals surface area contributed by atoms with E-state index in [1.54, 1.807) is 0 Å². The van der Waals surface area contributed by atoms with Crippen LogP contribution in [0.4, 0.5) is 0 Å². The number of rotatable bonds is 4. The monoisotopic (exact) mass is 227 g/mol. The number of nitrogens with zero attached hydrogens (tertiary/aromatic N) is 1. The van der Waals surface area contributed by atoms with Crippen molar-refractivity contribution >= 4 is 5.97 Å². The molecule has 94 valence electrons. The Balaban J connectivity index is 2.58. The first-order valence-corrected chi connectivity index (χ1v) is 6.37. The van der Waals surface area contributed by atoms with Gasteiger partial charge in [0.25, 0.3) is 0 Å². The quantitative estimate of drug-likeness (QED) is 0.691. The van der Waals surface area contributed by atoms with E-state index in [1.165, 1.54) is 32.8 Å². The van der Waals surface area contributed by atoms with Crippen LogP contribution in [0.1, 0.15) is 46.5 Å². The third kappa shape index (κ3) is 3.78. The Labute approximate surface area is 99.1 Å². The third-order valence-electron chi connectivity index (χ3n) is 3.58. The van der Waals surface area contributed by atoms with Crippen LogP contribution in [-0.2, 0) is 9.53 Å². The summed E-state index contributed by atoms with van der Waals surface area (Å²) in [7, 11) is 1.46. The molecule has 0 spiro atoms. The summed E-state index contributed by atoms with van der Waals surface area (Å²) >= 11 is 0. The average Bonchev–Trinajstić information content (AvgIpc) is 2.25. The predicted molar refractivity (Wildman–Crippen MR) is 65.3 cm³/mol. The normalized spacial score (nSPS) is 26.1. The molecule has 3 nitrogen and oxygen atoms in total. The van der Waals surface area contributed by atoms with E-state index in [1.807, 2.05) is 0 Å². The van der Waals surface area contributed by atoms with Crippen molar-refractivity contribution in [2.45, 2.75) is 58.5 Å². The van der Waals surface area contributed by atoms with Gasteiger partial charge in [0, 0.05) is 12.1 Å². The van der Waals surface area contributed by atoms with E-state index in [0.29, 0.717) is 18.6 Å². The van der Waals surface area contributed by atoms with Gasteiger partial charge in [0.1, 0.15) is 0 Å². The Kier molecular flexibility index (Phi) is 5.26. The minimum atomic E-state index is -0.119. The number of hydrogen-bond donors (Lipinski definition) is 0. The molecule has 0 aromatic rings. The molecule has 1 fully saturated rings. The molecule has 0 N–H and O–H groups in total. The summed E-state index contributed by atoms with van der Waals surface area (Å²) in [5.74, 6) is 0.671. The van der Waals surface area contributed by atoms with Crippen LogP contribution < -0.4 is 0 Å². The van der Waals surface area contributed by atoms with Gasteiger partial charge in [-0.05, 0) is 32.6 Å². The van der Waals surface area contributed by atoms with Crippen molar-refractivity contribution in [3.05, 3.63) is 0 Å². The highest BCUT2D eigenvalue weighted by atomic mass is 16.5. The van der Waals surface area contributed by atoms with Crippen molar-refractivity contribution in [1.29, 1.82) is 0 Å². The highest BCUT2D eigenvalue weighted by Crippen LogP contribution is 2.28. The summed E-state index contributed by atoms with van der Waals surface area (Å²) in [6.07, 6.45) is 5.06. The van der Waals surface area contributed by atoms with Crippen LogP contribution in [0.15, 0.2) is 0 Å². The molecule has 0 aromatic carbocycles. The number of carbonyl (C=O) groups is 1. The minimum absolute atomic E-state index is 0.119. The van der Waals surface area contributed by atoms with Crippen LogP contribution in [-0.4, -0.2) is 36.6 Å². The molecular weight excluding hydrogens is 202 g/mol. The molecule has 2 atom stereocenters. The second-order valence-corrected chi connectivity index (χ2v) is 5.27. The lowest BCUT2D eigenvalue weighted by molar-refractivity contribution is -0.143. The molecule has 0 aliphatic heterocycles. The molecule has 0 saturated heterocycles. The maximum atomic E-state index is 11.4. The van der Waals surface area contributed by atoms with Gasteiger partial charge in [-0.3, -0.25) is 9.69 Å². The van der Waals surface area contributed by atoms with Crippen molar-refractivity contribution in [3.8, 4) is 0 Å². The van der Waals surface area contributed by atoms with Crippen molar-refractivity contribution in [1.82, 2.24) is 4.90 Å². The predicted octanol–water partition coefficient (Wildman–Crippen LogP) is 2.45. The zero-order valence-electron chi connectivity index (χ0n) is 11.0. The summed E-state index contributed by atoms with van der Waals surface area (Å²) in [5, 5.41) is 0. The fourth-order valence-electron chi connectivity index (χ4n) is 2.65. The van der Waals surface area contributed by atoms with Crippen molar-refractivity contribution < 1.29 is 9.53 Å². The van der Waals surface area contributed by atoms with Gasteiger partial charge in [-0.2, -0.15) is 0 Å². The smallest absolute Gasteiger partial charge is 0.319 e. The van der Waals surface area contributed by atoms with Gasteiger partial charge in [0.15, 0.2) is 0 Å². The number of ether oxygens (including phenoxy) is 1. The van der Waals surface area contributed by atoms with E-state index >= 15 is 0 Å². The van der Waals surface area contributed by atoms with E-state index < -0.39 is 0 Å². The molecular formula is C13H25NO2. The van der Waals surface area contributed by atoms with Gasteiger partial charge in [0.2, 0.25) is 0 Å². The van der Waals surface area contributed by atoms with E-state index in [4.69, 9.17) is 4.74 Å². The molecule has 1 saturated carbocycles. The lowest BCUT2D eigenvalue weighted by Crippen LogP contribution is -2.45. The van der Waals surface area contributed by atoms with Gasteiger partial charge in [-0.1, -0.05) is 19.8 Å². The molecule has 0 radical (unpaired) electrons. The summed E-state index contributed by atoms with van der Waals surface area (Å²) in [6.45, 7) is 7.05. The first kappa shape index (κ1) is 13.5. The highest BCUT2D eigenvalue weighted by Gasteiger charge is 2.27. The van der Waals surface area contributed by atoms with E-state index in [-0.39, 0.29) is 5.97 Å². The summed E-state index contributed by atoms with van der Waals surface area (Å²) in [4.78, 5) is 13.7. The fourth-order valence-corrected chi connectivity index (χ4v) is 2.65. The van der Waals surface area contributed by atoms with E-state index in [0.717, 1.165) is 5.92 Å². The fraction of sp³-hybridized carbons (Fsp3) is 0.923. The molecule has 2 unspecified atom stereocenters. The molecule has 1 aliphatic carbocycles. The van der Waals surface area contributed by atoms with Crippen molar-refractivity contribution in [3.63, 3.8) is 0 Å². The van der Waals surface area contributed by atoms with E-state index in [2.05, 4.69) is 25.7 Å². The van der Waals surface area contributed by atoms with Gasteiger partial charge in [-0.15, -0.1) is 0 Å². The Morgan fingerprint density at radius 1 is 1.44 bits per heavy atom. The topological polar surface area (TPSA) is 29.5 Å². The molecule has 0 amide bonds. The zero-order valence-corrected chi connectivity index (χ0v) is 11.0. The second-order valence-electron chi connectivity index (χ2n) is 5.27. The summed E-state index contributed by atoms with van der Waals surface area (Å²) < 4.78 is 4.77. The molecule has 3 heteroatoms.